The van der Waals surface area contributed by atoms with E-state index >= 15 is 0 Å². The Morgan fingerprint density at radius 2 is 1.93 bits per heavy atom. The maximum atomic E-state index is 14.0. The lowest BCUT2D eigenvalue weighted by Gasteiger charge is -2.27. The number of Topliss-reactive ketones (excluding diaryl/α,β-unsaturated/α-hetero) is 2. The average molecular weight is 564 g/mol. The quantitative estimate of drug-likeness (QED) is 0.494. The number of piperidine rings is 1. The molecule has 1 aromatic heterocycles. The molecule has 222 valence electrons. The van der Waals surface area contributed by atoms with E-state index in [4.69, 9.17) is 4.74 Å². The smallest absolute Gasteiger partial charge is 0.243 e. The summed E-state index contributed by atoms with van der Waals surface area (Å²) in [5.41, 5.74) is 2.30. The van der Waals surface area contributed by atoms with Gasteiger partial charge in [-0.2, -0.15) is 0 Å². The molecule has 0 unspecified atom stereocenters. The van der Waals surface area contributed by atoms with Gasteiger partial charge in [-0.25, -0.2) is 0 Å². The molecule has 3 heterocycles. The van der Waals surface area contributed by atoms with E-state index in [-0.39, 0.29) is 47.3 Å². The summed E-state index contributed by atoms with van der Waals surface area (Å²) in [4.78, 5) is 54.6. The van der Waals surface area contributed by atoms with Crippen molar-refractivity contribution in [2.45, 2.75) is 105 Å². The second-order valence-electron chi connectivity index (χ2n) is 13.1. The summed E-state index contributed by atoms with van der Waals surface area (Å²) in [6, 6.07) is 3.48. The zero-order valence-corrected chi connectivity index (χ0v) is 25.3. The summed E-state index contributed by atoms with van der Waals surface area (Å²) in [7, 11) is 0. The highest BCUT2D eigenvalue weighted by atomic mass is 16.5. The second-order valence-corrected chi connectivity index (χ2v) is 13.1. The second kappa shape index (κ2) is 11.6. The van der Waals surface area contributed by atoms with Crippen molar-refractivity contribution in [1.82, 2.24) is 14.8 Å². The number of benzene rings is 1. The van der Waals surface area contributed by atoms with Gasteiger partial charge in [0.1, 0.15) is 12.3 Å². The first-order chi connectivity index (χ1) is 19.5. The van der Waals surface area contributed by atoms with E-state index < -0.39 is 6.04 Å². The van der Waals surface area contributed by atoms with Crippen LogP contribution in [0.4, 0.5) is 0 Å². The number of hydrogen-bond acceptors (Lipinski definition) is 5. The molecule has 1 aromatic carbocycles. The Morgan fingerprint density at radius 3 is 2.63 bits per heavy atom. The molecule has 1 N–H and O–H groups in total. The Labute approximate surface area is 243 Å². The molecule has 2 fully saturated rings. The van der Waals surface area contributed by atoms with Crippen LogP contribution < -0.4 is 10.1 Å². The molecule has 1 aliphatic carbocycles. The number of aromatic nitrogens is 1. The van der Waals surface area contributed by atoms with Gasteiger partial charge < -0.3 is 19.5 Å². The fourth-order valence-electron chi connectivity index (χ4n) is 6.93. The highest BCUT2D eigenvalue weighted by Gasteiger charge is 2.66. The van der Waals surface area contributed by atoms with Crippen molar-refractivity contribution in [3.05, 3.63) is 29.5 Å². The number of hydrogen-bond donors (Lipinski definition) is 1. The molecule has 1 saturated carbocycles. The lowest BCUT2D eigenvalue weighted by Crippen LogP contribution is -2.44. The first-order valence-corrected chi connectivity index (χ1v) is 15.5. The van der Waals surface area contributed by atoms with Crippen LogP contribution in [-0.2, 0) is 27.3 Å². The molecule has 8 heteroatoms. The van der Waals surface area contributed by atoms with Crippen LogP contribution in [0, 0.1) is 17.3 Å². The van der Waals surface area contributed by atoms with Crippen LogP contribution in [0.3, 0.4) is 0 Å². The van der Waals surface area contributed by atoms with Gasteiger partial charge in [-0.3, -0.25) is 19.2 Å². The van der Waals surface area contributed by atoms with Gasteiger partial charge in [-0.05, 0) is 62.6 Å². The van der Waals surface area contributed by atoms with Crippen molar-refractivity contribution in [2.75, 3.05) is 13.2 Å². The maximum Gasteiger partial charge on any atom is 0.243 e. The van der Waals surface area contributed by atoms with Gasteiger partial charge in [0, 0.05) is 47.5 Å². The summed E-state index contributed by atoms with van der Waals surface area (Å²) in [6.07, 6.45) is 8.03. The van der Waals surface area contributed by atoms with Crippen molar-refractivity contribution in [2.24, 2.45) is 17.3 Å². The SMILES string of the molecule is CCC(=O)[C@@H]1C[C@]23CNC(=O)[C@@H](C)CCCCCc4cc(OCC(C)C)cc5c(C(C)=O)cn(c45)CC(=O)N1[C@@H]2C3. The van der Waals surface area contributed by atoms with Crippen LogP contribution in [0.15, 0.2) is 18.3 Å². The van der Waals surface area contributed by atoms with E-state index in [9.17, 15) is 19.2 Å². The molecule has 5 rings (SSSR count). The van der Waals surface area contributed by atoms with Crippen molar-refractivity contribution in [3.8, 4) is 5.75 Å². The summed E-state index contributed by atoms with van der Waals surface area (Å²) < 4.78 is 8.04. The minimum absolute atomic E-state index is 0.0496. The number of amides is 2. The van der Waals surface area contributed by atoms with Crippen molar-refractivity contribution in [3.63, 3.8) is 0 Å². The van der Waals surface area contributed by atoms with Crippen LogP contribution in [0.2, 0.25) is 0 Å². The topological polar surface area (TPSA) is 97.7 Å². The standard InChI is InChI=1S/C33H45N3O5/c1-6-28(38)27-14-33-15-29(33)36(27)30(39)17-35-16-26(22(5)37)25-13-24(41-18-20(2)3)12-23(31(25)35)11-9-7-8-10-21(4)32(40)34-19-33/h12-13,16,20-21,27,29H,6-11,14-15,17-19H2,1-5H3,(H,34,40)/t21-,27-,29+,33-/m0/s1. The Hall–Kier alpha value is -3.16. The molecule has 0 radical (unpaired) electrons. The number of ether oxygens (including phenoxy) is 1. The van der Waals surface area contributed by atoms with Crippen LogP contribution in [-0.4, -0.2) is 58.1 Å². The van der Waals surface area contributed by atoms with Crippen LogP contribution >= 0.6 is 0 Å². The minimum atomic E-state index is -0.468. The Kier molecular flexibility index (Phi) is 8.31. The number of carbonyl (C=O) groups is 4. The number of nitrogens with zero attached hydrogens (tertiary/aromatic N) is 2. The van der Waals surface area contributed by atoms with Crippen LogP contribution in [0.25, 0.3) is 10.9 Å². The third kappa shape index (κ3) is 5.80. The molecule has 2 aromatic rings. The molecule has 2 amide bonds. The Morgan fingerprint density at radius 1 is 1.15 bits per heavy atom. The predicted octanol–water partition coefficient (Wildman–Crippen LogP) is 5.09. The van der Waals surface area contributed by atoms with Gasteiger partial charge in [-0.15, -0.1) is 0 Å². The lowest BCUT2D eigenvalue weighted by molar-refractivity contribution is -0.139. The first-order valence-electron chi connectivity index (χ1n) is 15.5. The van der Waals surface area contributed by atoms with E-state index in [2.05, 4.69) is 25.2 Å². The zero-order chi connectivity index (χ0) is 29.5. The third-order valence-corrected chi connectivity index (χ3v) is 9.36. The fraction of sp³-hybridized carbons (Fsp3) is 0.636. The van der Waals surface area contributed by atoms with Crippen molar-refractivity contribution >= 4 is 34.3 Å². The fourth-order valence-corrected chi connectivity index (χ4v) is 6.93. The number of rotatable bonds is 6. The van der Waals surface area contributed by atoms with Crippen LogP contribution in [0.5, 0.6) is 5.75 Å². The average Bonchev–Trinajstić information content (AvgIpc) is 3.35. The van der Waals surface area contributed by atoms with E-state index in [1.54, 1.807) is 11.8 Å². The highest BCUT2D eigenvalue weighted by molar-refractivity contribution is 6.08. The molecule has 0 spiro atoms. The summed E-state index contributed by atoms with van der Waals surface area (Å²) in [5.74, 6) is 0.973. The molecule has 8 nitrogen and oxygen atoms in total. The third-order valence-electron chi connectivity index (χ3n) is 9.36. The minimum Gasteiger partial charge on any atom is -0.493 e. The van der Waals surface area contributed by atoms with E-state index in [0.29, 0.717) is 37.5 Å². The molecular formula is C33H45N3O5. The zero-order valence-electron chi connectivity index (χ0n) is 25.3. The monoisotopic (exact) mass is 563 g/mol. The Bertz CT molecular complexity index is 1360. The highest BCUT2D eigenvalue weighted by Crippen LogP contribution is 2.59. The van der Waals surface area contributed by atoms with Crippen molar-refractivity contribution < 1.29 is 23.9 Å². The van der Waals surface area contributed by atoms with Gasteiger partial charge in [0.05, 0.1) is 18.2 Å². The molecule has 2 bridgehead atoms. The molecule has 4 atom stereocenters. The lowest BCUT2D eigenvalue weighted by atomic mass is 9.95. The van der Waals surface area contributed by atoms with Gasteiger partial charge in [0.2, 0.25) is 11.8 Å². The van der Waals surface area contributed by atoms with Gasteiger partial charge in [-0.1, -0.05) is 40.5 Å². The molecule has 41 heavy (non-hydrogen) atoms. The number of aryl methyl sites for hydroxylation is 1. The first kappa shape index (κ1) is 29.3. The largest absolute Gasteiger partial charge is 0.493 e. The summed E-state index contributed by atoms with van der Waals surface area (Å²) >= 11 is 0. The van der Waals surface area contributed by atoms with E-state index in [1.807, 2.05) is 30.7 Å². The molecule has 1 saturated heterocycles. The molecule has 2 aliphatic heterocycles. The van der Waals surface area contributed by atoms with Crippen molar-refractivity contribution in [1.29, 1.82) is 0 Å². The van der Waals surface area contributed by atoms with E-state index in [1.165, 1.54) is 0 Å². The van der Waals surface area contributed by atoms with Crippen LogP contribution in [0.1, 0.15) is 95.5 Å². The summed E-state index contributed by atoms with van der Waals surface area (Å²) in [5, 5.41) is 3.97. The summed E-state index contributed by atoms with van der Waals surface area (Å²) in [6.45, 7) is 10.7. The van der Waals surface area contributed by atoms with Gasteiger partial charge in [0.25, 0.3) is 0 Å². The van der Waals surface area contributed by atoms with Gasteiger partial charge >= 0.3 is 0 Å². The number of carbonyl (C=O) groups excluding carboxylic acids is 4. The molecule has 3 aliphatic rings. The molecular weight excluding hydrogens is 518 g/mol. The Balaban J connectivity index is 1.56. The normalized spacial score (nSPS) is 27.0. The predicted molar refractivity (Wildman–Crippen MR) is 158 cm³/mol. The number of nitrogens with one attached hydrogen (secondary N) is 1. The van der Waals surface area contributed by atoms with Gasteiger partial charge in [0.15, 0.2) is 11.6 Å². The number of ketones is 2. The van der Waals surface area contributed by atoms with E-state index in [0.717, 1.165) is 60.7 Å². The maximum absolute atomic E-state index is 14.0.